The minimum Gasteiger partial charge on any atom is -0.507 e. The van der Waals surface area contributed by atoms with E-state index in [1.807, 2.05) is 0 Å². The number of carbonyl (C=O) groups excluding carboxylic acids is 1. The van der Waals surface area contributed by atoms with E-state index in [0.717, 1.165) is 0 Å². The third-order valence-electron chi connectivity index (χ3n) is 3.01. The highest BCUT2D eigenvalue weighted by Crippen LogP contribution is 2.23. The molecule has 2 aromatic rings. The van der Waals surface area contributed by atoms with Gasteiger partial charge in [-0.3, -0.25) is 4.79 Å². The molecule has 0 atom stereocenters. The molecule has 0 spiro atoms. The van der Waals surface area contributed by atoms with E-state index in [2.05, 4.69) is 10.5 Å². The van der Waals surface area contributed by atoms with Crippen molar-refractivity contribution >= 4 is 23.2 Å². The first-order valence-corrected chi connectivity index (χ1v) is 6.86. The van der Waals surface area contributed by atoms with Gasteiger partial charge in [-0.05, 0) is 43.3 Å². The predicted molar refractivity (Wildman–Crippen MR) is 85.8 cm³/mol. The molecule has 0 fully saturated rings. The fourth-order valence-electron chi connectivity index (χ4n) is 1.82. The Morgan fingerprint density at radius 2 is 2.05 bits per heavy atom. The number of carbonyl (C=O) groups is 1. The van der Waals surface area contributed by atoms with E-state index in [4.69, 9.17) is 16.3 Å². The topological polar surface area (TPSA) is 70.9 Å². The van der Waals surface area contributed by atoms with Crippen molar-refractivity contribution in [3.63, 3.8) is 0 Å². The largest absolute Gasteiger partial charge is 0.507 e. The number of aromatic hydroxyl groups is 1. The van der Waals surface area contributed by atoms with Gasteiger partial charge in [0.05, 0.1) is 12.8 Å². The van der Waals surface area contributed by atoms with Crippen molar-refractivity contribution in [1.82, 2.24) is 5.43 Å². The lowest BCUT2D eigenvalue weighted by Gasteiger charge is -2.07. The van der Waals surface area contributed by atoms with Crippen LogP contribution < -0.4 is 10.2 Å². The van der Waals surface area contributed by atoms with Gasteiger partial charge in [-0.25, -0.2) is 5.43 Å². The van der Waals surface area contributed by atoms with Gasteiger partial charge in [0.1, 0.15) is 11.5 Å². The quantitative estimate of drug-likeness (QED) is 0.671. The maximum absolute atomic E-state index is 12.0. The predicted octanol–water partition coefficient (Wildman–Crippen LogP) is 3.21. The van der Waals surface area contributed by atoms with Gasteiger partial charge < -0.3 is 9.84 Å². The molecule has 0 bridgehead atoms. The summed E-state index contributed by atoms with van der Waals surface area (Å²) in [7, 11) is 1.53. The third-order valence-corrected chi connectivity index (χ3v) is 3.24. The number of methoxy groups -OCH3 is 1. The number of nitrogens with zero attached hydrogens (tertiary/aromatic N) is 1. The molecule has 2 rings (SSSR count). The molecule has 22 heavy (non-hydrogen) atoms. The number of amides is 1. The number of hydrogen-bond acceptors (Lipinski definition) is 4. The van der Waals surface area contributed by atoms with Crippen LogP contribution in [0.1, 0.15) is 22.8 Å². The van der Waals surface area contributed by atoms with Crippen molar-refractivity contribution in [2.24, 2.45) is 5.10 Å². The number of nitrogens with one attached hydrogen (secondary N) is 1. The van der Waals surface area contributed by atoms with Gasteiger partial charge in [-0.1, -0.05) is 17.7 Å². The van der Waals surface area contributed by atoms with Crippen LogP contribution in [0.2, 0.25) is 5.02 Å². The molecule has 0 unspecified atom stereocenters. The van der Waals surface area contributed by atoms with E-state index in [0.29, 0.717) is 27.6 Å². The molecule has 0 saturated carbocycles. The first kappa shape index (κ1) is 15.9. The summed E-state index contributed by atoms with van der Waals surface area (Å²) >= 11 is 5.84. The van der Waals surface area contributed by atoms with Gasteiger partial charge in [0.25, 0.3) is 5.91 Å². The number of phenols is 1. The molecule has 0 aliphatic heterocycles. The van der Waals surface area contributed by atoms with Crippen LogP contribution in [0.3, 0.4) is 0 Å². The van der Waals surface area contributed by atoms with E-state index >= 15 is 0 Å². The normalized spacial score (nSPS) is 11.1. The lowest BCUT2D eigenvalue weighted by Crippen LogP contribution is -2.19. The van der Waals surface area contributed by atoms with Crippen molar-refractivity contribution in [1.29, 1.82) is 0 Å². The minimum absolute atomic E-state index is 0.0547. The van der Waals surface area contributed by atoms with E-state index in [9.17, 15) is 9.90 Å². The van der Waals surface area contributed by atoms with Gasteiger partial charge in [0.2, 0.25) is 0 Å². The van der Waals surface area contributed by atoms with Crippen LogP contribution in [0.5, 0.6) is 11.5 Å². The fourth-order valence-corrected chi connectivity index (χ4v) is 2.01. The molecule has 1 amide bonds. The number of phenolic OH excluding ortho intramolecular Hbond substituents is 1. The Kier molecular flexibility index (Phi) is 5.01. The van der Waals surface area contributed by atoms with E-state index in [1.54, 1.807) is 43.3 Å². The van der Waals surface area contributed by atoms with Gasteiger partial charge in [-0.15, -0.1) is 0 Å². The molecule has 6 heteroatoms. The van der Waals surface area contributed by atoms with Gasteiger partial charge in [0.15, 0.2) is 0 Å². The second kappa shape index (κ2) is 6.95. The van der Waals surface area contributed by atoms with Crippen LogP contribution in [0, 0.1) is 0 Å². The molecule has 0 heterocycles. The fraction of sp³-hybridized carbons (Fsp3) is 0.125. The Labute approximate surface area is 133 Å². The molecule has 2 aromatic carbocycles. The highest BCUT2D eigenvalue weighted by Gasteiger charge is 2.09. The number of rotatable bonds is 4. The van der Waals surface area contributed by atoms with Crippen LogP contribution in [-0.4, -0.2) is 23.8 Å². The van der Waals surface area contributed by atoms with Crippen LogP contribution in [0.15, 0.2) is 47.6 Å². The average molecular weight is 319 g/mol. The van der Waals surface area contributed by atoms with Crippen molar-refractivity contribution in [2.45, 2.75) is 6.92 Å². The maximum atomic E-state index is 12.0. The second-order valence-corrected chi connectivity index (χ2v) is 4.97. The Bertz CT molecular complexity index is 729. The molecule has 0 radical (unpaired) electrons. The van der Waals surface area contributed by atoms with Crippen LogP contribution >= 0.6 is 11.6 Å². The second-order valence-electron chi connectivity index (χ2n) is 4.53. The summed E-state index contributed by atoms with van der Waals surface area (Å²) in [5.41, 5.74) is 3.76. The summed E-state index contributed by atoms with van der Waals surface area (Å²) in [6, 6.07) is 11.3. The highest BCUT2D eigenvalue weighted by molar-refractivity contribution is 6.30. The number of hydrazone groups is 1. The minimum atomic E-state index is -0.385. The molecule has 0 saturated heterocycles. The molecule has 0 aliphatic rings. The zero-order valence-corrected chi connectivity index (χ0v) is 12.9. The Hall–Kier alpha value is -2.53. The molecule has 2 N–H and O–H groups in total. The zero-order valence-electron chi connectivity index (χ0n) is 12.1. The number of halogens is 1. The average Bonchev–Trinajstić information content (AvgIpc) is 2.52. The van der Waals surface area contributed by atoms with Gasteiger partial charge >= 0.3 is 0 Å². The molecule has 5 nitrogen and oxygen atoms in total. The molecule has 0 aromatic heterocycles. The number of ether oxygens (including phenoxy) is 1. The standard InChI is InChI=1S/C16H15ClN2O3/c1-10(14-9-13(22-2)6-7-15(14)20)18-19-16(21)11-4-3-5-12(17)8-11/h3-9,20H,1-2H3,(H,19,21)/b18-10+. The number of benzene rings is 2. The smallest absolute Gasteiger partial charge is 0.271 e. The number of hydrogen-bond donors (Lipinski definition) is 2. The lowest BCUT2D eigenvalue weighted by atomic mass is 10.1. The Morgan fingerprint density at radius 1 is 1.27 bits per heavy atom. The van der Waals surface area contributed by atoms with Crippen molar-refractivity contribution < 1.29 is 14.6 Å². The maximum Gasteiger partial charge on any atom is 0.271 e. The van der Waals surface area contributed by atoms with Crippen molar-refractivity contribution in [3.05, 3.63) is 58.6 Å². The van der Waals surface area contributed by atoms with E-state index in [-0.39, 0.29) is 11.7 Å². The van der Waals surface area contributed by atoms with Crippen LogP contribution in [0.4, 0.5) is 0 Å². The van der Waals surface area contributed by atoms with Crippen LogP contribution in [0.25, 0.3) is 0 Å². The van der Waals surface area contributed by atoms with Crippen LogP contribution in [-0.2, 0) is 0 Å². The molecule has 114 valence electrons. The van der Waals surface area contributed by atoms with E-state index in [1.165, 1.54) is 13.2 Å². The SMILES string of the molecule is COc1ccc(O)c(/C(C)=N/NC(=O)c2cccc(Cl)c2)c1. The summed E-state index contributed by atoms with van der Waals surface area (Å²) in [6.07, 6.45) is 0. The Morgan fingerprint density at radius 3 is 2.73 bits per heavy atom. The Balaban J connectivity index is 2.17. The molecular formula is C16H15ClN2O3. The van der Waals surface area contributed by atoms with Crippen molar-refractivity contribution in [2.75, 3.05) is 7.11 Å². The molecular weight excluding hydrogens is 304 g/mol. The van der Waals surface area contributed by atoms with Gasteiger partial charge in [-0.2, -0.15) is 5.10 Å². The summed E-state index contributed by atoms with van der Waals surface area (Å²) in [4.78, 5) is 12.0. The third kappa shape index (κ3) is 3.77. The zero-order chi connectivity index (χ0) is 16.1. The summed E-state index contributed by atoms with van der Waals surface area (Å²) in [5.74, 6) is 0.256. The molecule has 0 aliphatic carbocycles. The van der Waals surface area contributed by atoms with E-state index < -0.39 is 0 Å². The lowest BCUT2D eigenvalue weighted by molar-refractivity contribution is 0.0955. The first-order valence-electron chi connectivity index (χ1n) is 6.49. The summed E-state index contributed by atoms with van der Waals surface area (Å²) in [6.45, 7) is 1.67. The summed E-state index contributed by atoms with van der Waals surface area (Å²) < 4.78 is 5.10. The monoisotopic (exact) mass is 318 g/mol. The first-order chi connectivity index (χ1) is 10.5. The summed E-state index contributed by atoms with van der Waals surface area (Å²) in [5, 5.41) is 14.3. The highest BCUT2D eigenvalue weighted by atomic mass is 35.5. The van der Waals surface area contributed by atoms with Gasteiger partial charge in [0, 0.05) is 16.1 Å². The van der Waals surface area contributed by atoms with Crippen molar-refractivity contribution in [3.8, 4) is 11.5 Å².